The molecule has 1 fully saturated rings. The van der Waals surface area contributed by atoms with Crippen molar-refractivity contribution >= 4 is 17.6 Å². The minimum atomic E-state index is -0.668. The maximum atomic E-state index is 12.5. The van der Waals surface area contributed by atoms with Crippen LogP contribution in [-0.2, 0) is 27.9 Å². The predicted octanol–water partition coefficient (Wildman–Crippen LogP) is 0.786. The maximum Gasteiger partial charge on any atom is 0.250 e. The van der Waals surface area contributed by atoms with Crippen molar-refractivity contribution in [3.8, 4) is 0 Å². The number of hydrogen-bond donors (Lipinski definition) is 1. The highest BCUT2D eigenvalue weighted by atomic mass is 16.5. The van der Waals surface area contributed by atoms with E-state index in [9.17, 15) is 9.59 Å². The molecule has 2 heterocycles. The fourth-order valence-electron chi connectivity index (χ4n) is 2.49. The van der Waals surface area contributed by atoms with Crippen molar-refractivity contribution in [2.24, 2.45) is 7.05 Å². The maximum absolute atomic E-state index is 12.5. The first-order valence-corrected chi connectivity index (χ1v) is 7.35. The second kappa shape index (κ2) is 6.62. The topological polar surface area (TPSA) is 76.5 Å². The summed E-state index contributed by atoms with van der Waals surface area (Å²) >= 11 is 0. The Labute approximate surface area is 133 Å². The number of benzene rings is 1. The van der Waals surface area contributed by atoms with Gasteiger partial charge in [-0.15, -0.1) is 0 Å². The van der Waals surface area contributed by atoms with Crippen LogP contribution in [0.3, 0.4) is 0 Å². The van der Waals surface area contributed by atoms with Crippen LogP contribution in [0.5, 0.6) is 0 Å². The zero-order chi connectivity index (χ0) is 16.2. The Morgan fingerprint density at radius 3 is 2.83 bits per heavy atom. The third kappa shape index (κ3) is 3.57. The minimum absolute atomic E-state index is 0.000199. The zero-order valence-electron chi connectivity index (χ0n) is 12.8. The number of rotatable bonds is 4. The summed E-state index contributed by atoms with van der Waals surface area (Å²) in [6.45, 7) is 0.556. The van der Waals surface area contributed by atoms with Gasteiger partial charge in [-0.2, -0.15) is 5.10 Å². The molecule has 7 nitrogen and oxygen atoms in total. The number of amides is 2. The minimum Gasteiger partial charge on any atom is -0.369 e. The first-order chi connectivity index (χ1) is 11.1. The van der Waals surface area contributed by atoms with Gasteiger partial charge in [-0.3, -0.25) is 14.3 Å². The summed E-state index contributed by atoms with van der Waals surface area (Å²) in [6.07, 6.45) is 1.74. The van der Waals surface area contributed by atoms with E-state index in [2.05, 4.69) is 10.4 Å². The Bertz CT molecular complexity index is 698. The highest BCUT2D eigenvalue weighted by molar-refractivity contribution is 5.97. The summed E-state index contributed by atoms with van der Waals surface area (Å²) < 4.78 is 6.85. The largest absolute Gasteiger partial charge is 0.369 e. The number of aryl methyl sites for hydroxylation is 1. The lowest BCUT2D eigenvalue weighted by Crippen LogP contribution is -2.54. The smallest absolute Gasteiger partial charge is 0.250 e. The number of carbonyl (C=O) groups is 2. The average Bonchev–Trinajstić information content (AvgIpc) is 2.95. The molecule has 0 radical (unpaired) electrons. The van der Waals surface area contributed by atoms with Crippen molar-refractivity contribution in [3.63, 3.8) is 0 Å². The number of aromatic nitrogens is 2. The molecule has 1 aromatic heterocycles. The van der Waals surface area contributed by atoms with Crippen LogP contribution in [0, 0.1) is 0 Å². The quantitative estimate of drug-likeness (QED) is 0.905. The van der Waals surface area contributed by atoms with E-state index in [0.29, 0.717) is 12.4 Å². The molecule has 2 amide bonds. The van der Waals surface area contributed by atoms with Gasteiger partial charge in [-0.05, 0) is 5.56 Å². The number of nitrogens with zero attached hydrogens (tertiary/aromatic N) is 3. The highest BCUT2D eigenvalue weighted by Crippen LogP contribution is 2.15. The zero-order valence-corrected chi connectivity index (χ0v) is 12.8. The molecule has 0 aliphatic carbocycles. The molecule has 7 heteroatoms. The Morgan fingerprint density at radius 1 is 1.35 bits per heavy atom. The van der Waals surface area contributed by atoms with E-state index in [1.165, 1.54) is 0 Å². The summed E-state index contributed by atoms with van der Waals surface area (Å²) in [5.74, 6) is -0.0378. The van der Waals surface area contributed by atoms with E-state index < -0.39 is 6.04 Å². The first-order valence-electron chi connectivity index (χ1n) is 7.35. The normalized spacial score (nSPS) is 18.0. The van der Waals surface area contributed by atoms with Gasteiger partial charge < -0.3 is 15.0 Å². The second-order valence-electron chi connectivity index (χ2n) is 5.40. The molecule has 1 aromatic carbocycles. The Kier molecular flexibility index (Phi) is 4.38. The van der Waals surface area contributed by atoms with E-state index in [0.717, 1.165) is 5.56 Å². The van der Waals surface area contributed by atoms with Gasteiger partial charge in [0.15, 0.2) is 5.82 Å². The highest BCUT2D eigenvalue weighted by Gasteiger charge is 2.34. The summed E-state index contributed by atoms with van der Waals surface area (Å²) in [6, 6.07) is 10.6. The first kappa shape index (κ1) is 15.2. The molecule has 1 aliphatic heterocycles. The fourth-order valence-corrected chi connectivity index (χ4v) is 2.49. The molecule has 2 aromatic rings. The number of anilines is 1. The van der Waals surface area contributed by atoms with Gasteiger partial charge in [0.2, 0.25) is 5.91 Å². The molecule has 3 rings (SSSR count). The van der Waals surface area contributed by atoms with Gasteiger partial charge in [0.25, 0.3) is 5.91 Å². The summed E-state index contributed by atoms with van der Waals surface area (Å²) in [5, 5.41) is 6.84. The molecule has 120 valence electrons. The second-order valence-corrected chi connectivity index (χ2v) is 5.40. The molecule has 0 bridgehead atoms. The van der Waals surface area contributed by atoms with E-state index in [-0.39, 0.29) is 25.0 Å². The van der Waals surface area contributed by atoms with Crippen molar-refractivity contribution in [2.45, 2.75) is 12.6 Å². The van der Waals surface area contributed by atoms with Gasteiger partial charge in [-0.1, -0.05) is 30.3 Å². The summed E-state index contributed by atoms with van der Waals surface area (Å²) in [7, 11) is 1.77. The molecular formula is C16H18N4O3. The Balaban J connectivity index is 1.74. The van der Waals surface area contributed by atoms with Gasteiger partial charge in [0, 0.05) is 25.9 Å². The molecule has 1 N–H and O–H groups in total. The van der Waals surface area contributed by atoms with Crippen LogP contribution in [0.25, 0.3) is 0 Å². The lowest BCUT2D eigenvalue weighted by atomic mass is 10.1. The number of nitrogens with one attached hydrogen (secondary N) is 1. The number of ether oxygens (including phenoxy) is 1. The molecule has 1 saturated heterocycles. The SMILES string of the molecule is Cn1ccc(NC(=O)[C@H]2COCC(=O)N2Cc2ccccc2)n1. The van der Waals surface area contributed by atoms with Crippen molar-refractivity contribution in [2.75, 3.05) is 18.5 Å². The Hall–Kier alpha value is -2.67. The monoisotopic (exact) mass is 314 g/mol. The lowest BCUT2D eigenvalue weighted by Gasteiger charge is -2.34. The molecule has 0 spiro atoms. The van der Waals surface area contributed by atoms with Crippen LogP contribution in [0.15, 0.2) is 42.6 Å². The van der Waals surface area contributed by atoms with Crippen LogP contribution in [0.1, 0.15) is 5.56 Å². The van der Waals surface area contributed by atoms with Crippen LogP contribution >= 0.6 is 0 Å². The van der Waals surface area contributed by atoms with Gasteiger partial charge in [-0.25, -0.2) is 0 Å². The van der Waals surface area contributed by atoms with E-state index in [4.69, 9.17) is 4.74 Å². The number of hydrogen-bond acceptors (Lipinski definition) is 4. The molecule has 1 atom stereocenters. The van der Waals surface area contributed by atoms with Crippen molar-refractivity contribution < 1.29 is 14.3 Å². The van der Waals surface area contributed by atoms with Gasteiger partial charge in [0.05, 0.1) is 6.61 Å². The van der Waals surface area contributed by atoms with Crippen molar-refractivity contribution in [1.29, 1.82) is 0 Å². The third-order valence-corrected chi connectivity index (χ3v) is 3.66. The lowest BCUT2D eigenvalue weighted by molar-refractivity contribution is -0.154. The van der Waals surface area contributed by atoms with Crippen molar-refractivity contribution in [1.82, 2.24) is 14.7 Å². The van der Waals surface area contributed by atoms with Gasteiger partial charge >= 0.3 is 0 Å². The summed E-state index contributed by atoms with van der Waals surface area (Å²) in [5.41, 5.74) is 0.971. The number of carbonyl (C=O) groups excluding carboxylic acids is 2. The van der Waals surface area contributed by atoms with Crippen LogP contribution in [0.4, 0.5) is 5.82 Å². The van der Waals surface area contributed by atoms with Crippen LogP contribution in [0.2, 0.25) is 0 Å². The van der Waals surface area contributed by atoms with Crippen molar-refractivity contribution in [3.05, 3.63) is 48.2 Å². The van der Waals surface area contributed by atoms with Crippen LogP contribution in [-0.4, -0.2) is 45.8 Å². The fraction of sp³-hybridized carbons (Fsp3) is 0.312. The van der Waals surface area contributed by atoms with E-state index >= 15 is 0 Å². The number of morpholine rings is 1. The third-order valence-electron chi connectivity index (χ3n) is 3.66. The molecule has 23 heavy (non-hydrogen) atoms. The molecule has 0 unspecified atom stereocenters. The van der Waals surface area contributed by atoms with E-state index in [1.807, 2.05) is 30.3 Å². The molecular weight excluding hydrogens is 296 g/mol. The standard InChI is InChI=1S/C16H18N4O3/c1-19-8-7-14(18-19)17-16(22)13-10-23-11-15(21)20(13)9-12-5-3-2-4-6-12/h2-8,13H,9-11H2,1H3,(H,17,18,22)/t13-/m1/s1. The predicted molar refractivity (Wildman–Crippen MR) is 83.4 cm³/mol. The summed E-state index contributed by atoms with van der Waals surface area (Å²) in [4.78, 5) is 26.2. The molecule has 1 aliphatic rings. The average molecular weight is 314 g/mol. The Morgan fingerprint density at radius 2 is 2.13 bits per heavy atom. The van der Waals surface area contributed by atoms with Gasteiger partial charge in [0.1, 0.15) is 12.6 Å². The van der Waals surface area contributed by atoms with E-state index in [1.54, 1.807) is 28.9 Å². The van der Waals surface area contributed by atoms with Crippen LogP contribution < -0.4 is 5.32 Å². The molecule has 0 saturated carbocycles.